The Labute approximate surface area is 168 Å². The Hall–Kier alpha value is -1.90. The molecule has 0 aliphatic carbocycles. The molecule has 2 aromatic rings. The molecule has 0 amide bonds. The molecule has 1 fully saturated rings. The molecule has 1 aliphatic heterocycles. The zero-order valence-corrected chi connectivity index (χ0v) is 17.1. The van der Waals surface area contributed by atoms with Gasteiger partial charge in [-0.1, -0.05) is 13.3 Å². The number of aliphatic hydroxyl groups is 2. The van der Waals surface area contributed by atoms with Gasteiger partial charge in [0.05, 0.1) is 12.9 Å². The lowest BCUT2D eigenvalue weighted by Gasteiger charge is -2.22. The minimum Gasteiger partial charge on any atom is -0.387 e. The van der Waals surface area contributed by atoms with E-state index < -0.39 is 41.5 Å². The number of anilines is 1. The molecule has 3 heterocycles. The van der Waals surface area contributed by atoms with Gasteiger partial charge in [0.15, 0.2) is 23.2 Å². The molecule has 4 N–H and O–H groups in total. The number of aromatic nitrogens is 4. The van der Waals surface area contributed by atoms with Crippen molar-refractivity contribution in [3.63, 3.8) is 0 Å². The molecule has 162 valence electrons. The molecule has 0 bridgehead atoms. The van der Waals surface area contributed by atoms with Crippen molar-refractivity contribution in [3.8, 4) is 0 Å². The summed E-state index contributed by atoms with van der Waals surface area (Å²) >= 11 is 0. The van der Waals surface area contributed by atoms with Crippen LogP contribution in [0.25, 0.3) is 11.2 Å². The normalized spacial score (nSPS) is 25.0. The minimum atomic E-state index is -4.20. The van der Waals surface area contributed by atoms with Crippen LogP contribution < -0.4 is 10.0 Å². The third-order valence-corrected chi connectivity index (χ3v) is 5.27. The molecule has 2 aromatic heterocycles. The molecular weight excluding hydrogens is 404 g/mol. The Bertz CT molecular complexity index is 937. The van der Waals surface area contributed by atoms with Gasteiger partial charge in [-0.2, -0.15) is 8.42 Å². The van der Waals surface area contributed by atoms with Crippen LogP contribution in [-0.2, 0) is 19.2 Å². The fourth-order valence-electron chi connectivity index (χ4n) is 3.28. The van der Waals surface area contributed by atoms with Crippen LogP contribution in [0.5, 0.6) is 0 Å². The van der Waals surface area contributed by atoms with Crippen LogP contribution in [0, 0.1) is 0 Å². The zero-order valence-electron chi connectivity index (χ0n) is 16.2. The van der Waals surface area contributed by atoms with Gasteiger partial charge in [-0.25, -0.2) is 20.1 Å². The van der Waals surface area contributed by atoms with Gasteiger partial charge in [-0.05, 0) is 13.3 Å². The Morgan fingerprint density at radius 2 is 2.03 bits per heavy atom. The summed E-state index contributed by atoms with van der Waals surface area (Å²) in [5, 5.41) is 25.4. The Kier molecular flexibility index (Phi) is 6.65. The van der Waals surface area contributed by atoms with E-state index in [1.807, 2.05) is 6.92 Å². The first kappa shape index (κ1) is 21.8. The number of aliphatic hydroxyl groups excluding tert-OH is 2. The van der Waals surface area contributed by atoms with Crippen LogP contribution in [0.2, 0.25) is 0 Å². The van der Waals surface area contributed by atoms with E-state index in [1.165, 1.54) is 17.2 Å². The van der Waals surface area contributed by atoms with E-state index in [1.54, 1.807) is 0 Å². The van der Waals surface area contributed by atoms with E-state index in [9.17, 15) is 18.6 Å². The van der Waals surface area contributed by atoms with Crippen molar-refractivity contribution < 1.29 is 27.6 Å². The summed E-state index contributed by atoms with van der Waals surface area (Å²) in [6, 6.07) is 0. The molecule has 1 aliphatic rings. The minimum absolute atomic E-state index is 0.425. The van der Waals surface area contributed by atoms with Gasteiger partial charge in [0.25, 0.3) is 0 Å². The smallest absolute Gasteiger partial charge is 0.333 e. The Balaban J connectivity index is 1.88. The molecule has 12 nitrogen and oxygen atoms in total. The summed E-state index contributed by atoms with van der Waals surface area (Å²) in [6.07, 6.45) is 0.0497. The third kappa shape index (κ3) is 4.65. The quantitative estimate of drug-likeness (QED) is 0.462. The number of nitrogens with two attached hydrogens (primary N) is 1. The molecule has 0 spiro atoms. The lowest BCUT2D eigenvalue weighted by Crippen LogP contribution is -2.35. The van der Waals surface area contributed by atoms with E-state index in [-0.39, 0.29) is 0 Å². The van der Waals surface area contributed by atoms with Gasteiger partial charge >= 0.3 is 10.3 Å². The van der Waals surface area contributed by atoms with Gasteiger partial charge in [0.1, 0.15) is 24.6 Å². The molecule has 0 aromatic carbocycles. The summed E-state index contributed by atoms with van der Waals surface area (Å²) in [5.41, 5.74) is 0.967. The second-order valence-corrected chi connectivity index (χ2v) is 8.00. The zero-order chi connectivity index (χ0) is 21.2. The van der Waals surface area contributed by atoms with Crippen molar-refractivity contribution in [2.45, 2.75) is 51.2 Å². The molecule has 0 saturated carbocycles. The number of rotatable bonds is 9. The van der Waals surface area contributed by atoms with Gasteiger partial charge in [-0.15, -0.1) is 0 Å². The number of fused-ring (bicyclic) bond motifs is 1. The van der Waals surface area contributed by atoms with Crippen molar-refractivity contribution >= 4 is 27.3 Å². The highest BCUT2D eigenvalue weighted by molar-refractivity contribution is 7.84. The van der Waals surface area contributed by atoms with Crippen LogP contribution in [-0.4, -0.2) is 76.2 Å². The number of nitrogens with zero attached hydrogens (tertiary/aromatic N) is 5. The topological polar surface area (TPSA) is 166 Å². The van der Waals surface area contributed by atoms with Crippen LogP contribution in [0.1, 0.15) is 32.9 Å². The van der Waals surface area contributed by atoms with Crippen molar-refractivity contribution in [1.29, 1.82) is 0 Å². The molecular formula is C16H26N6O6S. The maximum absolute atomic E-state index is 11.0. The lowest BCUT2D eigenvalue weighted by atomic mass is 10.1. The molecule has 0 unspecified atom stereocenters. The van der Waals surface area contributed by atoms with Crippen molar-refractivity contribution in [2.24, 2.45) is 5.14 Å². The van der Waals surface area contributed by atoms with E-state index in [0.29, 0.717) is 17.0 Å². The number of hydrogen-bond acceptors (Lipinski definition) is 10. The van der Waals surface area contributed by atoms with Crippen LogP contribution >= 0.6 is 0 Å². The first-order chi connectivity index (χ1) is 13.8. The third-order valence-electron chi connectivity index (χ3n) is 4.81. The van der Waals surface area contributed by atoms with Crippen molar-refractivity contribution in [1.82, 2.24) is 19.5 Å². The average Bonchev–Trinajstić information content (AvgIpc) is 3.22. The molecule has 4 atom stereocenters. The number of unbranched alkanes of at least 4 members (excludes halogenated alkanes) is 1. The van der Waals surface area contributed by atoms with E-state index in [0.717, 1.165) is 25.9 Å². The maximum atomic E-state index is 11.0. The predicted molar refractivity (Wildman–Crippen MR) is 103 cm³/mol. The maximum Gasteiger partial charge on any atom is 0.333 e. The molecule has 29 heavy (non-hydrogen) atoms. The van der Waals surface area contributed by atoms with Gasteiger partial charge in [0, 0.05) is 13.1 Å². The highest BCUT2D eigenvalue weighted by Gasteiger charge is 2.45. The van der Waals surface area contributed by atoms with E-state index >= 15 is 0 Å². The van der Waals surface area contributed by atoms with Crippen LogP contribution in [0.3, 0.4) is 0 Å². The van der Waals surface area contributed by atoms with Gasteiger partial charge in [0.2, 0.25) is 0 Å². The first-order valence-corrected chi connectivity index (χ1v) is 10.8. The largest absolute Gasteiger partial charge is 0.387 e. The highest BCUT2D eigenvalue weighted by Crippen LogP contribution is 2.33. The monoisotopic (exact) mass is 430 g/mol. The van der Waals surface area contributed by atoms with E-state index in [2.05, 4.69) is 31.0 Å². The fraction of sp³-hybridized carbons (Fsp3) is 0.688. The molecule has 13 heteroatoms. The summed E-state index contributed by atoms with van der Waals surface area (Å²) in [6.45, 7) is 5.17. The fourth-order valence-corrected chi connectivity index (χ4v) is 3.60. The predicted octanol–water partition coefficient (Wildman–Crippen LogP) is -0.708. The van der Waals surface area contributed by atoms with Crippen LogP contribution in [0.4, 0.5) is 5.82 Å². The summed E-state index contributed by atoms with van der Waals surface area (Å²) in [7, 11) is -4.20. The second kappa shape index (κ2) is 8.85. The van der Waals surface area contributed by atoms with Gasteiger partial charge in [-0.3, -0.25) is 8.75 Å². The molecule has 0 radical (unpaired) electrons. The van der Waals surface area contributed by atoms with Crippen molar-refractivity contribution in [3.05, 3.63) is 12.7 Å². The number of ether oxygens (including phenoxy) is 1. The Morgan fingerprint density at radius 3 is 2.69 bits per heavy atom. The second-order valence-electron chi connectivity index (χ2n) is 6.78. The number of imidazole rings is 1. The van der Waals surface area contributed by atoms with Crippen LogP contribution in [0.15, 0.2) is 12.7 Å². The Morgan fingerprint density at radius 1 is 1.28 bits per heavy atom. The standard InChI is InChI=1S/C16H26N6O6S/c1-3-5-6-21(4-2)14-11-15(19-8-18-14)22(9-20-11)16-13(24)12(23)10(28-16)7-27-29(17,25)26/h8-10,12-13,16,23-24H,3-7H2,1-2H3,(H2,17,25,26)/t10-,12-,13-,16-/m1/s1. The molecule has 3 rings (SSSR count). The summed E-state index contributed by atoms with van der Waals surface area (Å²) in [4.78, 5) is 15.1. The van der Waals surface area contributed by atoms with E-state index in [4.69, 9.17) is 9.88 Å². The number of hydrogen-bond donors (Lipinski definition) is 3. The summed E-state index contributed by atoms with van der Waals surface area (Å²) < 4.78 is 33.6. The van der Waals surface area contributed by atoms with Gasteiger partial charge < -0.3 is 19.8 Å². The first-order valence-electron chi connectivity index (χ1n) is 9.38. The SMILES string of the molecule is CCCCN(CC)c1ncnc2c1ncn2[C@@H]1O[C@H](COS(N)(=O)=O)[C@@H](O)[C@H]1O. The lowest BCUT2D eigenvalue weighted by molar-refractivity contribution is -0.0467. The highest BCUT2D eigenvalue weighted by atomic mass is 32.2. The van der Waals surface area contributed by atoms with Crippen molar-refractivity contribution in [2.75, 3.05) is 24.6 Å². The average molecular weight is 430 g/mol. The summed E-state index contributed by atoms with van der Waals surface area (Å²) in [5.74, 6) is 0.673. The molecule has 1 saturated heterocycles.